The Morgan fingerprint density at radius 1 is 1.04 bits per heavy atom. The first kappa shape index (κ1) is 17.7. The Labute approximate surface area is 147 Å². The molecule has 2 aromatic rings. The SMILES string of the molecule is CC(C(=O)N(C)c1ccccc1Br)c1ccc(C(C)(C)C)cc1. The molecule has 23 heavy (non-hydrogen) atoms. The van der Waals surface area contributed by atoms with E-state index in [0.29, 0.717) is 0 Å². The van der Waals surface area contributed by atoms with Gasteiger partial charge in [-0.2, -0.15) is 0 Å². The van der Waals surface area contributed by atoms with E-state index in [1.165, 1.54) is 5.56 Å². The lowest BCUT2D eigenvalue weighted by Crippen LogP contribution is -2.30. The van der Waals surface area contributed by atoms with E-state index < -0.39 is 0 Å². The van der Waals surface area contributed by atoms with E-state index in [1.54, 1.807) is 4.90 Å². The van der Waals surface area contributed by atoms with Gasteiger partial charge in [-0.25, -0.2) is 0 Å². The molecule has 122 valence electrons. The number of amides is 1. The van der Waals surface area contributed by atoms with Gasteiger partial charge in [0.1, 0.15) is 0 Å². The van der Waals surface area contributed by atoms with Gasteiger partial charge in [0.05, 0.1) is 11.6 Å². The first-order chi connectivity index (χ1) is 10.7. The first-order valence-electron chi connectivity index (χ1n) is 7.84. The molecule has 0 saturated carbocycles. The Morgan fingerprint density at radius 3 is 2.13 bits per heavy atom. The smallest absolute Gasteiger partial charge is 0.234 e. The van der Waals surface area contributed by atoms with Gasteiger partial charge in [0.15, 0.2) is 0 Å². The lowest BCUT2D eigenvalue weighted by molar-refractivity contribution is -0.119. The minimum absolute atomic E-state index is 0.0837. The van der Waals surface area contributed by atoms with Crippen molar-refractivity contribution in [3.05, 3.63) is 64.1 Å². The maximum absolute atomic E-state index is 12.8. The fourth-order valence-electron chi connectivity index (χ4n) is 2.55. The predicted octanol–water partition coefficient (Wildman–Crippen LogP) is 5.51. The Balaban J connectivity index is 2.21. The topological polar surface area (TPSA) is 20.3 Å². The summed E-state index contributed by atoms with van der Waals surface area (Å²) in [4.78, 5) is 14.5. The molecular weight excluding hydrogens is 350 g/mol. The van der Waals surface area contributed by atoms with Crippen LogP contribution < -0.4 is 4.90 Å². The highest BCUT2D eigenvalue weighted by atomic mass is 79.9. The third kappa shape index (κ3) is 4.03. The number of nitrogens with zero attached hydrogens (tertiary/aromatic N) is 1. The third-order valence-electron chi connectivity index (χ3n) is 4.19. The number of carbonyl (C=O) groups is 1. The fraction of sp³-hybridized carbons (Fsp3) is 0.350. The van der Waals surface area contributed by atoms with E-state index >= 15 is 0 Å². The van der Waals surface area contributed by atoms with Crippen molar-refractivity contribution in [3.8, 4) is 0 Å². The average molecular weight is 374 g/mol. The zero-order valence-electron chi connectivity index (χ0n) is 14.4. The second-order valence-electron chi connectivity index (χ2n) is 6.94. The number of benzene rings is 2. The summed E-state index contributed by atoms with van der Waals surface area (Å²) in [7, 11) is 1.82. The summed E-state index contributed by atoms with van der Waals surface area (Å²) < 4.78 is 0.922. The van der Waals surface area contributed by atoms with Crippen molar-refractivity contribution in [2.45, 2.75) is 39.0 Å². The highest BCUT2D eigenvalue weighted by Crippen LogP contribution is 2.29. The predicted molar refractivity (Wildman–Crippen MR) is 101 cm³/mol. The van der Waals surface area contributed by atoms with Crippen LogP contribution in [0.5, 0.6) is 0 Å². The van der Waals surface area contributed by atoms with Crippen LogP contribution >= 0.6 is 15.9 Å². The number of carbonyl (C=O) groups excluding carboxylic acids is 1. The number of para-hydroxylation sites is 1. The van der Waals surface area contributed by atoms with Crippen LogP contribution in [0.3, 0.4) is 0 Å². The quantitative estimate of drug-likeness (QED) is 0.693. The summed E-state index contributed by atoms with van der Waals surface area (Å²) in [5, 5.41) is 0. The molecule has 0 aromatic heterocycles. The summed E-state index contributed by atoms with van der Waals surface area (Å²) in [6.45, 7) is 8.54. The summed E-state index contributed by atoms with van der Waals surface area (Å²) >= 11 is 3.51. The summed E-state index contributed by atoms with van der Waals surface area (Å²) in [6, 6.07) is 16.1. The maximum atomic E-state index is 12.8. The number of anilines is 1. The summed E-state index contributed by atoms with van der Waals surface area (Å²) in [5.74, 6) is -0.0958. The lowest BCUT2D eigenvalue weighted by atomic mass is 9.85. The molecule has 0 saturated heterocycles. The highest BCUT2D eigenvalue weighted by Gasteiger charge is 2.22. The molecule has 0 heterocycles. The molecule has 0 spiro atoms. The molecule has 0 fully saturated rings. The minimum Gasteiger partial charge on any atom is -0.314 e. The van der Waals surface area contributed by atoms with Crippen LogP contribution in [-0.2, 0) is 10.2 Å². The second kappa shape index (κ2) is 6.88. The van der Waals surface area contributed by atoms with Gasteiger partial charge in [0.2, 0.25) is 5.91 Å². The number of hydrogen-bond donors (Lipinski definition) is 0. The lowest BCUT2D eigenvalue weighted by Gasteiger charge is -2.24. The van der Waals surface area contributed by atoms with E-state index in [9.17, 15) is 4.79 Å². The minimum atomic E-state index is -0.180. The van der Waals surface area contributed by atoms with Crippen molar-refractivity contribution >= 4 is 27.5 Å². The average Bonchev–Trinajstić information content (AvgIpc) is 2.52. The van der Waals surface area contributed by atoms with Crippen molar-refractivity contribution in [3.63, 3.8) is 0 Å². The molecule has 0 aliphatic carbocycles. The number of halogens is 1. The van der Waals surface area contributed by atoms with E-state index in [2.05, 4.69) is 61.0 Å². The van der Waals surface area contributed by atoms with Gasteiger partial charge in [0, 0.05) is 11.5 Å². The molecule has 2 rings (SSSR count). The van der Waals surface area contributed by atoms with Gasteiger partial charge in [0.25, 0.3) is 0 Å². The van der Waals surface area contributed by atoms with E-state index in [-0.39, 0.29) is 17.2 Å². The van der Waals surface area contributed by atoms with Crippen LogP contribution in [0.15, 0.2) is 53.0 Å². The molecule has 2 aromatic carbocycles. The maximum Gasteiger partial charge on any atom is 0.234 e. The molecular formula is C20H24BrNO. The van der Waals surface area contributed by atoms with Crippen LogP contribution in [0.1, 0.15) is 44.7 Å². The van der Waals surface area contributed by atoms with Gasteiger partial charge in [-0.05, 0) is 51.5 Å². The van der Waals surface area contributed by atoms with E-state index in [0.717, 1.165) is 15.7 Å². The van der Waals surface area contributed by atoms with Crippen LogP contribution in [0.4, 0.5) is 5.69 Å². The van der Waals surface area contributed by atoms with Gasteiger partial charge < -0.3 is 4.90 Å². The Hall–Kier alpha value is -1.61. The molecule has 1 unspecified atom stereocenters. The van der Waals surface area contributed by atoms with Crippen LogP contribution in [0.25, 0.3) is 0 Å². The third-order valence-corrected chi connectivity index (χ3v) is 4.86. The number of likely N-dealkylation sites (N-methyl/N-ethyl adjacent to an activating group) is 1. The van der Waals surface area contributed by atoms with Gasteiger partial charge in [-0.1, -0.05) is 57.2 Å². The molecule has 0 aliphatic rings. The second-order valence-corrected chi connectivity index (χ2v) is 7.80. The molecule has 0 radical (unpaired) electrons. The van der Waals surface area contributed by atoms with Crippen molar-refractivity contribution in [2.24, 2.45) is 0 Å². The monoisotopic (exact) mass is 373 g/mol. The Bertz CT molecular complexity index is 686. The number of rotatable bonds is 3. The van der Waals surface area contributed by atoms with E-state index in [1.807, 2.05) is 38.2 Å². The molecule has 1 atom stereocenters. The zero-order valence-corrected chi connectivity index (χ0v) is 16.0. The largest absolute Gasteiger partial charge is 0.314 e. The molecule has 0 aliphatic heterocycles. The van der Waals surface area contributed by atoms with Gasteiger partial charge in [-0.15, -0.1) is 0 Å². The normalized spacial score (nSPS) is 12.8. The standard InChI is InChI=1S/C20H24BrNO/c1-14(15-10-12-16(13-11-15)20(2,3)4)19(23)22(5)18-9-7-6-8-17(18)21/h6-14H,1-5H3. The van der Waals surface area contributed by atoms with Crippen LogP contribution in [-0.4, -0.2) is 13.0 Å². The number of hydrogen-bond acceptors (Lipinski definition) is 1. The summed E-state index contributed by atoms with van der Waals surface area (Å²) in [6.07, 6.45) is 0. The fourth-order valence-corrected chi connectivity index (χ4v) is 3.10. The van der Waals surface area contributed by atoms with Gasteiger partial charge in [-0.3, -0.25) is 4.79 Å². The van der Waals surface area contributed by atoms with Crippen molar-refractivity contribution in [2.75, 3.05) is 11.9 Å². The first-order valence-corrected chi connectivity index (χ1v) is 8.63. The van der Waals surface area contributed by atoms with Gasteiger partial charge >= 0.3 is 0 Å². The highest BCUT2D eigenvalue weighted by molar-refractivity contribution is 9.10. The van der Waals surface area contributed by atoms with Crippen molar-refractivity contribution in [1.82, 2.24) is 0 Å². The molecule has 2 nitrogen and oxygen atoms in total. The summed E-state index contributed by atoms with van der Waals surface area (Å²) in [5.41, 5.74) is 3.33. The van der Waals surface area contributed by atoms with Crippen LogP contribution in [0, 0.1) is 0 Å². The molecule has 0 bridgehead atoms. The molecule has 1 amide bonds. The molecule has 0 N–H and O–H groups in total. The Morgan fingerprint density at radius 2 is 1.61 bits per heavy atom. The van der Waals surface area contributed by atoms with Crippen LogP contribution in [0.2, 0.25) is 0 Å². The zero-order chi connectivity index (χ0) is 17.2. The Kier molecular flexibility index (Phi) is 5.30. The van der Waals surface area contributed by atoms with Crippen molar-refractivity contribution in [1.29, 1.82) is 0 Å². The molecule has 3 heteroatoms. The van der Waals surface area contributed by atoms with Crippen molar-refractivity contribution < 1.29 is 4.79 Å². The van der Waals surface area contributed by atoms with E-state index in [4.69, 9.17) is 0 Å².